The Kier molecular flexibility index (Phi) is 3.86. The highest BCUT2D eigenvalue weighted by molar-refractivity contribution is 7.08. The molecule has 0 radical (unpaired) electrons. The minimum atomic E-state index is -0.0595. The Morgan fingerprint density at radius 2 is 2.04 bits per heavy atom. The van der Waals surface area contributed by atoms with Crippen molar-refractivity contribution in [2.24, 2.45) is 0 Å². The van der Waals surface area contributed by atoms with Gasteiger partial charge in [0.25, 0.3) is 11.5 Å². The summed E-state index contributed by atoms with van der Waals surface area (Å²) in [5.74, 6) is 0.0721. The van der Waals surface area contributed by atoms with Gasteiger partial charge in [-0.3, -0.25) is 14.2 Å². The zero-order valence-corrected chi connectivity index (χ0v) is 13.8. The molecule has 1 aliphatic heterocycles. The zero-order chi connectivity index (χ0) is 16.5. The molecule has 1 saturated heterocycles. The number of thiophene rings is 1. The molecule has 3 aromatic heterocycles. The topological polar surface area (TPSA) is 68.1 Å². The largest absolute Gasteiger partial charge is 0.338 e. The normalized spacial score (nSPS) is 15.8. The van der Waals surface area contributed by atoms with Gasteiger partial charge in [0.05, 0.1) is 10.9 Å². The third-order valence-electron chi connectivity index (χ3n) is 4.47. The number of piperidine rings is 1. The van der Waals surface area contributed by atoms with E-state index in [1.165, 1.54) is 11.3 Å². The summed E-state index contributed by atoms with van der Waals surface area (Å²) in [7, 11) is 0. The minimum Gasteiger partial charge on any atom is -0.338 e. The molecule has 24 heavy (non-hydrogen) atoms. The van der Waals surface area contributed by atoms with E-state index in [4.69, 9.17) is 0 Å². The molecule has 122 valence electrons. The second-order valence-corrected chi connectivity index (χ2v) is 6.65. The summed E-state index contributed by atoms with van der Waals surface area (Å²) in [4.78, 5) is 35.3. The van der Waals surface area contributed by atoms with Gasteiger partial charge in [-0.05, 0) is 36.4 Å². The van der Waals surface area contributed by atoms with E-state index < -0.39 is 0 Å². The lowest BCUT2D eigenvalue weighted by molar-refractivity contribution is 0.0694. The fourth-order valence-corrected chi connectivity index (χ4v) is 3.78. The number of amides is 1. The Bertz CT molecular complexity index is 927. The smallest absolute Gasteiger partial charge is 0.263 e. The monoisotopic (exact) mass is 340 g/mol. The van der Waals surface area contributed by atoms with Crippen molar-refractivity contribution in [2.75, 3.05) is 13.1 Å². The van der Waals surface area contributed by atoms with Crippen molar-refractivity contribution in [1.82, 2.24) is 19.4 Å². The van der Waals surface area contributed by atoms with Crippen molar-refractivity contribution < 1.29 is 4.79 Å². The predicted octanol–water partition coefficient (Wildman–Crippen LogP) is 2.33. The Morgan fingerprint density at radius 1 is 1.21 bits per heavy atom. The number of likely N-dealkylation sites (tertiary alicyclic amines) is 1. The van der Waals surface area contributed by atoms with Gasteiger partial charge in [-0.15, -0.1) is 0 Å². The van der Waals surface area contributed by atoms with Gasteiger partial charge in [0, 0.05) is 30.7 Å². The van der Waals surface area contributed by atoms with Crippen LogP contribution in [0, 0.1) is 0 Å². The maximum absolute atomic E-state index is 12.6. The van der Waals surface area contributed by atoms with Crippen LogP contribution < -0.4 is 5.56 Å². The molecular weight excluding hydrogens is 324 g/mol. The Labute approximate surface area is 142 Å². The van der Waals surface area contributed by atoms with Crippen molar-refractivity contribution in [2.45, 2.75) is 18.9 Å². The van der Waals surface area contributed by atoms with E-state index in [9.17, 15) is 9.59 Å². The highest BCUT2D eigenvalue weighted by Gasteiger charge is 2.25. The van der Waals surface area contributed by atoms with Crippen LogP contribution in [0.4, 0.5) is 0 Å². The summed E-state index contributed by atoms with van der Waals surface area (Å²) in [6.45, 7) is 1.30. The molecule has 0 saturated carbocycles. The number of fused-ring (bicyclic) bond motifs is 1. The van der Waals surface area contributed by atoms with Crippen LogP contribution in [0.2, 0.25) is 0 Å². The third kappa shape index (κ3) is 2.60. The maximum atomic E-state index is 12.6. The van der Waals surface area contributed by atoms with Gasteiger partial charge in [0.15, 0.2) is 5.65 Å². The average Bonchev–Trinajstić information content (AvgIpc) is 3.17. The maximum Gasteiger partial charge on any atom is 0.263 e. The fraction of sp³-hybridized carbons (Fsp3) is 0.294. The molecule has 1 fully saturated rings. The number of nitrogens with zero attached hydrogens (tertiary/aromatic N) is 4. The first-order valence-corrected chi connectivity index (χ1v) is 8.81. The quantitative estimate of drug-likeness (QED) is 0.718. The van der Waals surface area contributed by atoms with Gasteiger partial charge in [-0.1, -0.05) is 0 Å². The molecule has 4 heterocycles. The molecule has 3 aromatic rings. The van der Waals surface area contributed by atoms with Crippen LogP contribution in [0.15, 0.2) is 46.3 Å². The summed E-state index contributed by atoms with van der Waals surface area (Å²) in [6.07, 6.45) is 4.72. The van der Waals surface area contributed by atoms with Crippen molar-refractivity contribution >= 4 is 28.3 Å². The summed E-state index contributed by atoms with van der Waals surface area (Å²) < 4.78 is 1.69. The van der Waals surface area contributed by atoms with Crippen molar-refractivity contribution in [1.29, 1.82) is 0 Å². The number of aromatic nitrogens is 3. The summed E-state index contributed by atoms with van der Waals surface area (Å²) in [5.41, 5.74) is 1.16. The van der Waals surface area contributed by atoms with Gasteiger partial charge in [0.1, 0.15) is 6.33 Å². The molecule has 0 aromatic carbocycles. The molecule has 0 N–H and O–H groups in total. The summed E-state index contributed by atoms with van der Waals surface area (Å²) in [5, 5.41) is 4.32. The standard InChI is InChI=1S/C17H16N4O2S/c22-16(12-5-9-24-10-12)20-7-3-13(4-8-20)21-11-19-15-14(17(21)23)2-1-6-18-15/h1-2,5-6,9-11,13H,3-4,7-8H2. The predicted molar refractivity (Wildman–Crippen MR) is 92.3 cm³/mol. The van der Waals surface area contributed by atoms with E-state index in [2.05, 4.69) is 9.97 Å². The highest BCUT2D eigenvalue weighted by Crippen LogP contribution is 2.23. The number of rotatable bonds is 2. The van der Waals surface area contributed by atoms with Crippen molar-refractivity contribution in [3.8, 4) is 0 Å². The lowest BCUT2D eigenvalue weighted by Gasteiger charge is -2.32. The first kappa shape index (κ1) is 15.0. The highest BCUT2D eigenvalue weighted by atomic mass is 32.1. The van der Waals surface area contributed by atoms with Gasteiger partial charge in [-0.25, -0.2) is 9.97 Å². The Balaban J connectivity index is 1.53. The summed E-state index contributed by atoms with van der Waals surface area (Å²) >= 11 is 1.53. The number of carbonyl (C=O) groups excluding carboxylic acids is 1. The van der Waals surface area contributed by atoms with Crippen molar-refractivity contribution in [3.63, 3.8) is 0 Å². The van der Waals surface area contributed by atoms with E-state index in [0.29, 0.717) is 24.1 Å². The van der Waals surface area contributed by atoms with E-state index in [-0.39, 0.29) is 17.5 Å². The minimum absolute atomic E-state index is 0.0595. The van der Waals surface area contributed by atoms with E-state index >= 15 is 0 Å². The first-order valence-electron chi connectivity index (χ1n) is 7.87. The van der Waals surface area contributed by atoms with Gasteiger partial charge < -0.3 is 4.90 Å². The molecule has 4 rings (SSSR count). The van der Waals surface area contributed by atoms with E-state index in [0.717, 1.165) is 18.4 Å². The van der Waals surface area contributed by atoms with Crippen LogP contribution in [0.1, 0.15) is 29.2 Å². The van der Waals surface area contributed by atoms with Crippen LogP contribution in [0.3, 0.4) is 0 Å². The lowest BCUT2D eigenvalue weighted by Crippen LogP contribution is -2.40. The van der Waals surface area contributed by atoms with Crippen LogP contribution in [-0.2, 0) is 0 Å². The zero-order valence-electron chi connectivity index (χ0n) is 13.0. The van der Waals surface area contributed by atoms with Gasteiger partial charge in [0.2, 0.25) is 0 Å². The Morgan fingerprint density at radius 3 is 2.79 bits per heavy atom. The lowest BCUT2D eigenvalue weighted by atomic mass is 10.0. The molecule has 0 atom stereocenters. The molecule has 1 amide bonds. The van der Waals surface area contributed by atoms with E-state index in [1.807, 2.05) is 21.7 Å². The molecule has 7 heteroatoms. The molecule has 0 aliphatic carbocycles. The fourth-order valence-electron chi connectivity index (χ4n) is 3.15. The van der Waals surface area contributed by atoms with Gasteiger partial charge in [-0.2, -0.15) is 11.3 Å². The molecule has 1 aliphatic rings. The van der Waals surface area contributed by atoms with Crippen LogP contribution in [-0.4, -0.2) is 38.4 Å². The molecular formula is C17H16N4O2S. The summed E-state index contributed by atoms with van der Waals surface area (Å²) in [6, 6.07) is 5.42. The number of carbonyl (C=O) groups is 1. The van der Waals surface area contributed by atoms with Crippen LogP contribution in [0.25, 0.3) is 11.0 Å². The second kappa shape index (κ2) is 6.16. The third-order valence-corrected chi connectivity index (χ3v) is 5.15. The Hall–Kier alpha value is -2.54. The van der Waals surface area contributed by atoms with Crippen LogP contribution in [0.5, 0.6) is 0 Å². The van der Waals surface area contributed by atoms with Gasteiger partial charge >= 0.3 is 0 Å². The second-order valence-electron chi connectivity index (χ2n) is 5.87. The van der Waals surface area contributed by atoms with Crippen molar-refractivity contribution in [3.05, 3.63) is 57.4 Å². The molecule has 6 nitrogen and oxygen atoms in total. The molecule has 0 unspecified atom stereocenters. The van der Waals surface area contributed by atoms with Crippen LogP contribution >= 0.6 is 11.3 Å². The average molecular weight is 340 g/mol. The first-order chi connectivity index (χ1) is 11.7. The number of hydrogen-bond donors (Lipinski definition) is 0. The van der Waals surface area contributed by atoms with E-state index in [1.54, 1.807) is 29.2 Å². The number of hydrogen-bond acceptors (Lipinski definition) is 5. The molecule has 0 spiro atoms. The molecule has 0 bridgehead atoms. The SMILES string of the molecule is O=C(c1ccsc1)N1CCC(n2cnc3ncccc3c2=O)CC1. The number of pyridine rings is 1.